The number of nitrogens with zero attached hydrogens (tertiary/aromatic N) is 1. The van der Waals surface area contributed by atoms with Crippen LogP contribution in [0.25, 0.3) is 0 Å². The van der Waals surface area contributed by atoms with Crippen molar-refractivity contribution >= 4 is 31.9 Å². The van der Waals surface area contributed by atoms with E-state index in [4.69, 9.17) is 9.47 Å². The molecular formula is C19H27BrN2O5S. The van der Waals surface area contributed by atoms with Gasteiger partial charge in [-0.05, 0) is 43.9 Å². The highest BCUT2D eigenvalue weighted by Gasteiger charge is 2.36. The highest BCUT2D eigenvalue weighted by atomic mass is 79.9. The molecule has 2 unspecified atom stereocenters. The van der Waals surface area contributed by atoms with Gasteiger partial charge in [0.1, 0.15) is 19.3 Å². The Balaban J connectivity index is 1.76. The molecule has 1 saturated heterocycles. The van der Waals surface area contributed by atoms with Gasteiger partial charge >= 0.3 is 0 Å². The number of piperidine rings is 1. The first-order valence-corrected chi connectivity index (χ1v) is 12.1. The molecular weight excluding hydrogens is 448 g/mol. The number of hydrogen-bond acceptors (Lipinski definition) is 5. The largest absolute Gasteiger partial charge is 0.486 e. The second-order valence-corrected chi connectivity index (χ2v) is 10.1. The first-order chi connectivity index (χ1) is 13.3. The van der Waals surface area contributed by atoms with Crippen LogP contribution in [-0.2, 0) is 14.8 Å². The van der Waals surface area contributed by atoms with Gasteiger partial charge in [0.05, 0.1) is 11.8 Å². The minimum Gasteiger partial charge on any atom is -0.486 e. The molecule has 0 radical (unpaired) electrons. The van der Waals surface area contributed by atoms with Gasteiger partial charge in [-0.25, -0.2) is 8.42 Å². The molecule has 1 aromatic carbocycles. The lowest BCUT2D eigenvalue weighted by Gasteiger charge is -2.34. The van der Waals surface area contributed by atoms with E-state index in [-0.39, 0.29) is 17.7 Å². The van der Waals surface area contributed by atoms with Crippen molar-refractivity contribution in [2.45, 2.75) is 51.6 Å². The molecule has 2 aliphatic rings. The van der Waals surface area contributed by atoms with Crippen LogP contribution in [-0.4, -0.2) is 50.2 Å². The van der Waals surface area contributed by atoms with Gasteiger partial charge in [-0.2, -0.15) is 4.31 Å². The van der Waals surface area contributed by atoms with Crippen molar-refractivity contribution in [3.05, 3.63) is 22.2 Å². The summed E-state index contributed by atoms with van der Waals surface area (Å²) in [7, 11) is -3.42. The van der Waals surface area contributed by atoms with Crippen molar-refractivity contribution in [2.75, 3.05) is 25.5 Å². The van der Waals surface area contributed by atoms with Crippen molar-refractivity contribution in [1.82, 2.24) is 9.62 Å². The third kappa shape index (κ3) is 4.63. The minimum absolute atomic E-state index is 0.0695. The van der Waals surface area contributed by atoms with Crippen LogP contribution in [0.1, 0.15) is 51.1 Å². The molecule has 1 fully saturated rings. The van der Waals surface area contributed by atoms with Crippen molar-refractivity contribution in [2.24, 2.45) is 0 Å². The quantitative estimate of drug-likeness (QED) is 0.684. The third-order valence-corrected chi connectivity index (χ3v) is 7.83. The van der Waals surface area contributed by atoms with E-state index in [2.05, 4.69) is 21.2 Å². The van der Waals surface area contributed by atoms with E-state index in [1.807, 2.05) is 26.0 Å². The fraction of sp³-hybridized carbons (Fsp3) is 0.632. The van der Waals surface area contributed by atoms with Crippen LogP contribution in [0.3, 0.4) is 0 Å². The number of halogens is 1. The van der Waals surface area contributed by atoms with Crippen LogP contribution in [0, 0.1) is 0 Å². The molecule has 0 aliphatic carbocycles. The van der Waals surface area contributed by atoms with E-state index in [0.29, 0.717) is 44.1 Å². The number of hydrogen-bond donors (Lipinski definition) is 1. The summed E-state index contributed by atoms with van der Waals surface area (Å²) < 4.78 is 38.6. The Labute approximate surface area is 174 Å². The van der Waals surface area contributed by atoms with Crippen molar-refractivity contribution < 1.29 is 22.7 Å². The SMILES string of the molecule is CCCS(=O)(=O)N1CCCCC1C(=O)NC(C)c1cc2c(cc1Br)OCCO2. The van der Waals surface area contributed by atoms with Crippen molar-refractivity contribution in [3.63, 3.8) is 0 Å². The zero-order valence-electron chi connectivity index (χ0n) is 16.2. The summed E-state index contributed by atoms with van der Waals surface area (Å²) in [5.41, 5.74) is 0.858. The number of sulfonamides is 1. The maximum atomic E-state index is 13.0. The van der Waals surface area contributed by atoms with Crippen LogP contribution >= 0.6 is 15.9 Å². The first-order valence-electron chi connectivity index (χ1n) is 9.72. The maximum absolute atomic E-state index is 13.0. The number of carbonyl (C=O) groups is 1. The predicted molar refractivity (Wildman–Crippen MR) is 110 cm³/mol. The Morgan fingerprint density at radius 3 is 2.64 bits per heavy atom. The van der Waals surface area contributed by atoms with Crippen molar-refractivity contribution in [1.29, 1.82) is 0 Å². The summed E-state index contributed by atoms with van der Waals surface area (Å²) in [5.74, 6) is 1.13. The van der Waals surface area contributed by atoms with E-state index in [1.54, 1.807) is 0 Å². The highest BCUT2D eigenvalue weighted by Crippen LogP contribution is 2.38. The van der Waals surface area contributed by atoms with E-state index in [1.165, 1.54) is 4.31 Å². The maximum Gasteiger partial charge on any atom is 0.238 e. The summed E-state index contributed by atoms with van der Waals surface area (Å²) in [6.45, 7) is 5.11. The normalized spacial score (nSPS) is 21.2. The third-order valence-electron chi connectivity index (χ3n) is 5.06. The molecule has 0 aromatic heterocycles. The van der Waals surface area contributed by atoms with Gasteiger partial charge < -0.3 is 14.8 Å². The van der Waals surface area contributed by atoms with Gasteiger partial charge in [-0.1, -0.05) is 29.3 Å². The fourth-order valence-electron chi connectivity index (χ4n) is 3.67. The first kappa shape index (κ1) is 21.4. The van der Waals surface area contributed by atoms with E-state index >= 15 is 0 Å². The standard InChI is InChI=1S/C19H27BrN2O5S/c1-3-10-28(24,25)22-7-5-4-6-16(22)19(23)21-13(2)14-11-17-18(12-15(14)20)27-9-8-26-17/h11-13,16H,3-10H2,1-2H3,(H,21,23). The minimum atomic E-state index is -3.42. The van der Waals surface area contributed by atoms with Crippen LogP contribution in [0.4, 0.5) is 0 Å². The summed E-state index contributed by atoms with van der Waals surface area (Å²) >= 11 is 3.53. The second-order valence-electron chi connectivity index (χ2n) is 7.19. The lowest BCUT2D eigenvalue weighted by Crippen LogP contribution is -2.52. The summed E-state index contributed by atoms with van der Waals surface area (Å²) in [6.07, 6.45) is 2.71. The van der Waals surface area contributed by atoms with Gasteiger partial charge in [0.25, 0.3) is 0 Å². The van der Waals surface area contributed by atoms with Gasteiger partial charge in [0.15, 0.2) is 11.5 Å². The Morgan fingerprint density at radius 2 is 1.96 bits per heavy atom. The molecule has 0 bridgehead atoms. The summed E-state index contributed by atoms with van der Waals surface area (Å²) in [6, 6.07) is 2.74. The Hall–Kier alpha value is -1.32. The number of rotatable bonds is 6. The Kier molecular flexibility index (Phi) is 6.88. The number of fused-ring (bicyclic) bond motifs is 1. The monoisotopic (exact) mass is 474 g/mol. The molecule has 3 rings (SSSR count). The number of benzene rings is 1. The second kappa shape index (κ2) is 9.00. The van der Waals surface area contributed by atoms with Gasteiger partial charge in [-0.3, -0.25) is 4.79 Å². The molecule has 9 heteroatoms. The van der Waals surface area contributed by atoms with Gasteiger partial charge in [-0.15, -0.1) is 0 Å². The Bertz CT molecular complexity index is 830. The number of amides is 1. The van der Waals surface area contributed by atoms with Gasteiger partial charge in [0.2, 0.25) is 15.9 Å². The molecule has 156 valence electrons. The molecule has 2 aliphatic heterocycles. The Morgan fingerprint density at radius 1 is 1.29 bits per heavy atom. The molecule has 1 N–H and O–H groups in total. The van der Waals surface area contributed by atoms with E-state index < -0.39 is 16.1 Å². The smallest absolute Gasteiger partial charge is 0.238 e. The summed E-state index contributed by atoms with van der Waals surface area (Å²) in [5, 5.41) is 2.99. The average molecular weight is 475 g/mol. The molecule has 7 nitrogen and oxygen atoms in total. The van der Waals surface area contributed by atoms with E-state index in [0.717, 1.165) is 22.9 Å². The van der Waals surface area contributed by atoms with Crippen molar-refractivity contribution in [3.8, 4) is 11.5 Å². The van der Waals surface area contributed by atoms with Crippen LogP contribution in [0.5, 0.6) is 11.5 Å². The lowest BCUT2D eigenvalue weighted by atomic mass is 10.0. The van der Waals surface area contributed by atoms with Crippen LogP contribution in [0.15, 0.2) is 16.6 Å². The number of nitrogens with one attached hydrogen (secondary N) is 1. The zero-order chi connectivity index (χ0) is 20.3. The predicted octanol–water partition coefficient (Wildman–Crippen LogP) is 2.99. The number of ether oxygens (including phenoxy) is 2. The molecule has 1 amide bonds. The molecule has 2 atom stereocenters. The molecule has 1 aromatic rings. The topological polar surface area (TPSA) is 84.9 Å². The van der Waals surface area contributed by atoms with Crippen LogP contribution < -0.4 is 14.8 Å². The highest BCUT2D eigenvalue weighted by molar-refractivity contribution is 9.10. The fourth-order valence-corrected chi connectivity index (χ4v) is 6.09. The van der Waals surface area contributed by atoms with E-state index in [9.17, 15) is 13.2 Å². The zero-order valence-corrected chi connectivity index (χ0v) is 18.6. The molecule has 2 heterocycles. The van der Waals surface area contributed by atoms with Gasteiger partial charge in [0, 0.05) is 11.0 Å². The number of carbonyl (C=O) groups excluding carboxylic acids is 1. The van der Waals surface area contributed by atoms with Crippen LogP contribution in [0.2, 0.25) is 0 Å². The summed E-state index contributed by atoms with van der Waals surface area (Å²) in [4.78, 5) is 13.0. The average Bonchev–Trinajstić information content (AvgIpc) is 2.67. The molecule has 28 heavy (non-hydrogen) atoms. The molecule has 0 saturated carbocycles. The molecule has 0 spiro atoms. The lowest BCUT2D eigenvalue weighted by molar-refractivity contribution is -0.126.